The van der Waals surface area contributed by atoms with Crippen molar-refractivity contribution in [3.8, 4) is 0 Å². The van der Waals surface area contributed by atoms with Crippen LogP contribution in [0.25, 0.3) is 10.9 Å². The molecule has 0 aliphatic carbocycles. The van der Waals surface area contributed by atoms with E-state index in [9.17, 15) is 19.2 Å². The molecule has 1 aromatic heterocycles. The molecule has 0 saturated heterocycles. The van der Waals surface area contributed by atoms with Gasteiger partial charge < -0.3 is 10.6 Å². The van der Waals surface area contributed by atoms with Crippen molar-refractivity contribution in [2.45, 2.75) is 13.0 Å². The highest BCUT2D eigenvalue weighted by Crippen LogP contribution is 2.11. The number of carbonyl (C=O) groups is 2. The number of aromatic nitrogens is 2. The molecule has 0 radical (unpaired) electrons. The van der Waals surface area contributed by atoms with Gasteiger partial charge in [0.2, 0.25) is 5.91 Å². The van der Waals surface area contributed by atoms with Crippen molar-refractivity contribution in [2.75, 3.05) is 12.4 Å². The van der Waals surface area contributed by atoms with Crippen LogP contribution in [0, 0.1) is 0 Å². The number of aromatic amines is 1. The smallest absolute Gasteiger partial charge is 0.328 e. The predicted molar refractivity (Wildman–Crippen MR) is 102 cm³/mol. The number of hydrogen-bond acceptors (Lipinski definition) is 4. The van der Waals surface area contributed by atoms with Gasteiger partial charge in [-0.05, 0) is 36.4 Å². The summed E-state index contributed by atoms with van der Waals surface area (Å²) in [5, 5.41) is 5.63. The van der Waals surface area contributed by atoms with E-state index in [0.717, 1.165) is 0 Å². The summed E-state index contributed by atoms with van der Waals surface area (Å²) in [7, 11) is 1.54. The first-order valence-corrected chi connectivity index (χ1v) is 8.33. The number of carbonyl (C=O) groups excluding carboxylic acids is 2. The second-order valence-corrected chi connectivity index (χ2v) is 5.88. The molecule has 2 amide bonds. The van der Waals surface area contributed by atoms with Crippen molar-refractivity contribution in [1.82, 2.24) is 14.9 Å². The van der Waals surface area contributed by atoms with Crippen molar-refractivity contribution in [1.29, 1.82) is 0 Å². The van der Waals surface area contributed by atoms with Crippen LogP contribution < -0.4 is 21.9 Å². The minimum Gasteiger partial charge on any atom is -0.355 e. The number of amides is 2. The van der Waals surface area contributed by atoms with Crippen molar-refractivity contribution in [3.63, 3.8) is 0 Å². The van der Waals surface area contributed by atoms with E-state index >= 15 is 0 Å². The summed E-state index contributed by atoms with van der Waals surface area (Å²) < 4.78 is 1.37. The SMILES string of the molecule is CNC(=O)c1ccc(NC(=O)CCn2c(=O)[nH]c(=O)c3ccccc32)cc1. The summed E-state index contributed by atoms with van der Waals surface area (Å²) in [5.74, 6) is -0.498. The molecule has 27 heavy (non-hydrogen) atoms. The number of rotatable bonds is 5. The third-order valence-corrected chi connectivity index (χ3v) is 4.13. The first-order valence-electron chi connectivity index (χ1n) is 8.33. The molecular formula is C19H18N4O4. The lowest BCUT2D eigenvalue weighted by molar-refractivity contribution is -0.116. The van der Waals surface area contributed by atoms with Crippen LogP contribution in [-0.4, -0.2) is 28.4 Å². The fraction of sp³-hybridized carbons (Fsp3) is 0.158. The summed E-state index contributed by atoms with van der Waals surface area (Å²) in [6, 6.07) is 13.2. The number of fused-ring (bicyclic) bond motifs is 1. The maximum atomic E-state index is 12.2. The Morgan fingerprint density at radius 1 is 1.04 bits per heavy atom. The molecule has 1 heterocycles. The first-order chi connectivity index (χ1) is 13.0. The molecule has 0 aliphatic rings. The third kappa shape index (κ3) is 3.95. The Morgan fingerprint density at radius 3 is 2.44 bits per heavy atom. The largest absolute Gasteiger partial charge is 0.355 e. The average molecular weight is 366 g/mol. The lowest BCUT2D eigenvalue weighted by Crippen LogP contribution is -2.31. The summed E-state index contributed by atoms with van der Waals surface area (Å²) in [4.78, 5) is 49.9. The van der Waals surface area contributed by atoms with E-state index in [1.807, 2.05) is 0 Å². The predicted octanol–water partition coefficient (Wildman–Crippen LogP) is 1.08. The molecule has 8 nitrogen and oxygen atoms in total. The molecule has 0 aliphatic heterocycles. The minimum atomic E-state index is -0.554. The fourth-order valence-corrected chi connectivity index (χ4v) is 2.75. The van der Waals surface area contributed by atoms with Gasteiger partial charge in [0.05, 0.1) is 10.9 Å². The Kier molecular flexibility index (Phi) is 5.16. The number of H-pyrrole nitrogens is 1. The third-order valence-electron chi connectivity index (χ3n) is 4.13. The Bertz CT molecular complexity index is 1110. The Balaban J connectivity index is 1.71. The van der Waals surface area contributed by atoms with Gasteiger partial charge in [-0.15, -0.1) is 0 Å². The van der Waals surface area contributed by atoms with Gasteiger partial charge in [0, 0.05) is 31.3 Å². The molecule has 0 atom stereocenters. The minimum absolute atomic E-state index is 0.0488. The lowest BCUT2D eigenvalue weighted by atomic mass is 10.2. The van der Waals surface area contributed by atoms with Crippen LogP contribution in [0.3, 0.4) is 0 Å². The van der Waals surface area contributed by atoms with E-state index in [0.29, 0.717) is 22.2 Å². The summed E-state index contributed by atoms with van der Waals surface area (Å²) in [6.07, 6.45) is 0.0488. The zero-order valence-corrected chi connectivity index (χ0v) is 14.6. The van der Waals surface area contributed by atoms with Gasteiger partial charge in [-0.25, -0.2) is 4.79 Å². The van der Waals surface area contributed by atoms with Crippen LogP contribution in [-0.2, 0) is 11.3 Å². The lowest BCUT2D eigenvalue weighted by Gasteiger charge is -2.10. The number of nitrogens with zero attached hydrogens (tertiary/aromatic N) is 1. The topological polar surface area (TPSA) is 113 Å². The van der Waals surface area contributed by atoms with E-state index in [4.69, 9.17) is 0 Å². The van der Waals surface area contributed by atoms with Crippen molar-refractivity contribution in [2.24, 2.45) is 0 Å². The van der Waals surface area contributed by atoms with Crippen LogP contribution >= 0.6 is 0 Å². The van der Waals surface area contributed by atoms with Gasteiger partial charge in [0.1, 0.15) is 0 Å². The maximum Gasteiger partial charge on any atom is 0.328 e. The van der Waals surface area contributed by atoms with Gasteiger partial charge in [-0.3, -0.25) is 23.9 Å². The average Bonchev–Trinajstić information content (AvgIpc) is 2.68. The van der Waals surface area contributed by atoms with Crippen molar-refractivity contribution < 1.29 is 9.59 Å². The van der Waals surface area contributed by atoms with E-state index in [2.05, 4.69) is 15.6 Å². The van der Waals surface area contributed by atoms with E-state index in [-0.39, 0.29) is 24.8 Å². The zero-order valence-electron chi connectivity index (χ0n) is 14.6. The number of aryl methyl sites for hydroxylation is 1. The second kappa shape index (κ2) is 7.69. The molecule has 3 aromatic rings. The molecule has 3 rings (SSSR count). The van der Waals surface area contributed by atoms with Gasteiger partial charge in [-0.1, -0.05) is 12.1 Å². The Labute approximate surface area is 153 Å². The molecule has 138 valence electrons. The highest BCUT2D eigenvalue weighted by Gasteiger charge is 2.10. The molecule has 8 heteroatoms. The number of para-hydroxylation sites is 1. The van der Waals surface area contributed by atoms with E-state index < -0.39 is 11.2 Å². The zero-order chi connectivity index (χ0) is 19.4. The molecule has 2 aromatic carbocycles. The fourth-order valence-electron chi connectivity index (χ4n) is 2.75. The van der Waals surface area contributed by atoms with Crippen LogP contribution in [0.4, 0.5) is 5.69 Å². The first kappa shape index (κ1) is 18.1. The molecule has 0 bridgehead atoms. The van der Waals surface area contributed by atoms with Gasteiger partial charge in [0.15, 0.2) is 0 Å². The number of hydrogen-bond donors (Lipinski definition) is 3. The van der Waals surface area contributed by atoms with Gasteiger partial charge >= 0.3 is 5.69 Å². The standard InChI is InChI=1S/C19H18N4O4/c1-20-17(25)12-6-8-13(9-7-12)21-16(24)10-11-23-15-5-3-2-4-14(15)18(26)22-19(23)27/h2-9H,10-11H2,1H3,(H,20,25)(H,21,24)(H,22,26,27). The molecule has 0 fully saturated rings. The van der Waals surface area contributed by atoms with Crippen LogP contribution in [0.1, 0.15) is 16.8 Å². The van der Waals surface area contributed by atoms with Crippen LogP contribution in [0.2, 0.25) is 0 Å². The monoisotopic (exact) mass is 366 g/mol. The highest BCUT2D eigenvalue weighted by atomic mass is 16.2. The molecule has 0 spiro atoms. The normalized spacial score (nSPS) is 10.6. The molecule has 0 saturated carbocycles. The van der Waals surface area contributed by atoms with E-state index in [1.54, 1.807) is 55.6 Å². The summed E-state index contributed by atoms with van der Waals surface area (Å²) >= 11 is 0. The maximum absolute atomic E-state index is 12.2. The molecule has 3 N–H and O–H groups in total. The molecule has 0 unspecified atom stereocenters. The quantitative estimate of drug-likeness (QED) is 0.627. The second-order valence-electron chi connectivity index (χ2n) is 5.88. The van der Waals surface area contributed by atoms with Crippen molar-refractivity contribution >= 4 is 28.4 Å². The summed E-state index contributed by atoms with van der Waals surface area (Å²) in [5.41, 5.74) is 0.510. The number of benzene rings is 2. The van der Waals surface area contributed by atoms with Gasteiger partial charge in [-0.2, -0.15) is 0 Å². The van der Waals surface area contributed by atoms with Crippen LogP contribution in [0.15, 0.2) is 58.1 Å². The Hall–Kier alpha value is -3.68. The van der Waals surface area contributed by atoms with E-state index in [1.165, 1.54) is 4.57 Å². The Morgan fingerprint density at radius 2 is 1.74 bits per heavy atom. The number of nitrogens with one attached hydrogen (secondary N) is 3. The van der Waals surface area contributed by atoms with Crippen LogP contribution in [0.5, 0.6) is 0 Å². The van der Waals surface area contributed by atoms with Gasteiger partial charge in [0.25, 0.3) is 11.5 Å². The number of anilines is 1. The van der Waals surface area contributed by atoms with Crippen molar-refractivity contribution in [3.05, 3.63) is 74.9 Å². The summed E-state index contributed by atoms with van der Waals surface area (Å²) in [6.45, 7) is 0.123. The molecular weight excluding hydrogens is 348 g/mol. The highest BCUT2D eigenvalue weighted by molar-refractivity contribution is 5.95.